The Kier molecular flexibility index (Phi) is 146. The monoisotopic (exact) mass is 360 g/mol. The van der Waals surface area contributed by atoms with Gasteiger partial charge in [0.15, 0.2) is 0 Å². The minimum atomic E-state index is -0.833. The Hall–Kier alpha value is 1.62. The quantitative estimate of drug-likeness (QED) is 0.338. The molecule has 8 nitrogen and oxygen atoms in total. The second kappa shape index (κ2) is 57.0. The smallest absolute Gasteiger partial charge is 0.300 e. The van der Waals surface area contributed by atoms with Gasteiger partial charge in [-0.1, -0.05) is 0 Å². The summed E-state index contributed by atoms with van der Waals surface area (Å²) < 4.78 is 0. The van der Waals surface area contributed by atoms with Gasteiger partial charge in [0.1, 0.15) is 0 Å². The third-order valence-electron chi connectivity index (χ3n) is 0. The molecule has 0 aromatic heterocycles. The Labute approximate surface area is 219 Å². The van der Waals surface area contributed by atoms with Gasteiger partial charge in [-0.05, 0) is 0 Å². The van der Waals surface area contributed by atoms with Crippen molar-refractivity contribution in [2.75, 3.05) is 0 Å². The van der Waals surface area contributed by atoms with E-state index in [0.29, 0.717) is 0 Å². The van der Waals surface area contributed by atoms with E-state index >= 15 is 0 Å². The average Bonchev–Trinajstić information content (AvgIpc) is 2.01. The zero-order valence-electron chi connectivity index (χ0n) is 14.8. The Morgan fingerprint density at radius 2 is 0.500 bits per heavy atom. The van der Waals surface area contributed by atoms with E-state index < -0.39 is 23.9 Å². The van der Waals surface area contributed by atoms with Gasteiger partial charge in [0.25, 0.3) is 23.9 Å². The maximum absolute atomic E-state index is 9.00. The third-order valence-corrected chi connectivity index (χ3v) is 0. The maximum atomic E-state index is 9.00. The van der Waals surface area contributed by atoms with Gasteiger partial charge >= 0.3 is 0 Å². The molecule has 0 aromatic rings. The topological polar surface area (TPSA) is 149 Å². The largest absolute Gasteiger partial charge is 0.481 e. The van der Waals surface area contributed by atoms with Gasteiger partial charge in [-0.15, -0.1) is 13.2 Å². The summed E-state index contributed by atoms with van der Waals surface area (Å²) in [6.45, 7) is 10.3. The van der Waals surface area contributed by atoms with Crippen LogP contribution in [0, 0.1) is 0 Å². The molecule has 0 amide bonds. The fourth-order valence-corrected chi connectivity index (χ4v) is 0. The average molecular weight is 360 g/mol. The molecule has 0 saturated heterocycles. The third kappa shape index (κ3) is 3500. The van der Waals surface area contributed by atoms with Crippen LogP contribution in [0.2, 0.25) is 0 Å². The molecule has 0 aliphatic carbocycles. The molecule has 112 valence electrons. The van der Waals surface area contributed by atoms with Crippen molar-refractivity contribution in [1.82, 2.24) is 0 Å². The van der Waals surface area contributed by atoms with Crippen LogP contribution in [-0.4, -0.2) is 163 Å². The van der Waals surface area contributed by atoms with Gasteiger partial charge in [0, 0.05) is 146 Å². The molecular weight excluding hydrogens is 340 g/mol. The van der Waals surface area contributed by atoms with Crippen LogP contribution in [0.15, 0.2) is 13.2 Å². The summed E-state index contributed by atoms with van der Waals surface area (Å²) in [7, 11) is 0. The van der Waals surface area contributed by atoms with Crippen LogP contribution in [0.3, 0.4) is 0 Å². The summed E-state index contributed by atoms with van der Waals surface area (Å²) in [6, 6.07) is 0. The summed E-state index contributed by atoms with van der Waals surface area (Å²) in [5, 5.41) is 29.7. The fraction of sp³-hybridized carbons (Fsp3) is 0.400. The van der Waals surface area contributed by atoms with Gasteiger partial charge in [-0.2, -0.15) is 0 Å². The van der Waals surface area contributed by atoms with Crippen molar-refractivity contribution in [3.8, 4) is 0 Å². The van der Waals surface area contributed by atoms with Crippen molar-refractivity contribution in [3.63, 3.8) is 0 Å². The number of carboxylic acids is 4. The SMILES string of the molecule is C=C.CC(=O)O.CC(=O)O.CC(=O)O.CC(=O)O.[Na].[Na].[Na].[Na]. The van der Waals surface area contributed by atoms with Crippen molar-refractivity contribution in [2.24, 2.45) is 0 Å². The first-order chi connectivity index (χ1) is 7.93. The van der Waals surface area contributed by atoms with Gasteiger partial charge in [-0.3, -0.25) is 19.2 Å². The minimum Gasteiger partial charge on any atom is -0.481 e. The number of hydrogen-bond acceptors (Lipinski definition) is 4. The normalized spacial score (nSPS) is 4.73. The first-order valence-corrected chi connectivity index (χ1v) is 4.21. The first kappa shape index (κ1) is 56.5. The van der Waals surface area contributed by atoms with Crippen LogP contribution in [0.25, 0.3) is 0 Å². The summed E-state index contributed by atoms with van der Waals surface area (Å²) in [4.78, 5) is 36.0. The molecule has 0 aliphatic rings. The van der Waals surface area contributed by atoms with E-state index in [1.165, 1.54) is 0 Å². The summed E-state index contributed by atoms with van der Waals surface area (Å²) in [5.74, 6) is -3.33. The Balaban J connectivity index is -0.0000000133. The number of carboxylic acid groups (broad SMARTS) is 4. The van der Waals surface area contributed by atoms with Crippen molar-refractivity contribution in [2.45, 2.75) is 27.7 Å². The second-order valence-corrected chi connectivity index (χ2v) is 2.08. The summed E-state index contributed by atoms with van der Waals surface area (Å²) >= 11 is 0. The molecule has 0 rings (SSSR count). The fourth-order valence-electron chi connectivity index (χ4n) is 0. The molecule has 12 heteroatoms. The molecule has 22 heavy (non-hydrogen) atoms. The molecule has 0 fully saturated rings. The van der Waals surface area contributed by atoms with Crippen molar-refractivity contribution in [3.05, 3.63) is 13.2 Å². The van der Waals surface area contributed by atoms with Crippen LogP contribution in [0.1, 0.15) is 27.7 Å². The van der Waals surface area contributed by atoms with Gasteiger partial charge in [-0.25, -0.2) is 0 Å². The van der Waals surface area contributed by atoms with Crippen molar-refractivity contribution < 1.29 is 39.6 Å². The van der Waals surface area contributed by atoms with Crippen LogP contribution >= 0.6 is 0 Å². The van der Waals surface area contributed by atoms with Gasteiger partial charge < -0.3 is 20.4 Å². The standard InChI is InChI=1S/4C2H4O2.C2H4.4Na/c4*1-2(3)4;1-2;;;;/h4*1H3,(H,3,4);1-2H2;;;;. The first-order valence-electron chi connectivity index (χ1n) is 4.21. The van der Waals surface area contributed by atoms with Crippen LogP contribution in [0.4, 0.5) is 0 Å². The van der Waals surface area contributed by atoms with E-state index in [9.17, 15) is 0 Å². The van der Waals surface area contributed by atoms with Gasteiger partial charge in [0.05, 0.1) is 0 Å². The Morgan fingerprint density at radius 1 is 0.500 bits per heavy atom. The molecule has 0 spiro atoms. The van der Waals surface area contributed by atoms with E-state index in [1.54, 1.807) is 0 Å². The summed E-state index contributed by atoms with van der Waals surface area (Å²) in [5.41, 5.74) is 0. The van der Waals surface area contributed by atoms with Crippen LogP contribution < -0.4 is 0 Å². The zero-order chi connectivity index (χ0) is 16.3. The van der Waals surface area contributed by atoms with E-state index in [1.807, 2.05) is 0 Å². The Bertz CT molecular complexity index is 185. The van der Waals surface area contributed by atoms with Crippen LogP contribution in [-0.2, 0) is 19.2 Å². The molecule has 4 radical (unpaired) electrons. The molecule has 0 heterocycles. The molecule has 0 aliphatic heterocycles. The minimum absolute atomic E-state index is 0. The predicted molar refractivity (Wildman–Crippen MR) is 87.5 cm³/mol. The van der Waals surface area contributed by atoms with Gasteiger partial charge in [0.2, 0.25) is 0 Å². The zero-order valence-corrected chi connectivity index (χ0v) is 22.8. The Morgan fingerprint density at radius 3 is 0.500 bits per heavy atom. The predicted octanol–water partition coefficient (Wildman–Crippen LogP) is -0.357. The maximum Gasteiger partial charge on any atom is 0.300 e. The number of rotatable bonds is 0. The molecule has 0 bridgehead atoms. The molecular formula is C10H20Na4O8. The summed E-state index contributed by atoms with van der Waals surface area (Å²) in [6.07, 6.45) is 0. The molecule has 0 atom stereocenters. The van der Waals surface area contributed by atoms with E-state index in [4.69, 9.17) is 39.6 Å². The molecule has 4 N–H and O–H groups in total. The molecule has 0 unspecified atom stereocenters. The number of carbonyl (C=O) groups is 4. The van der Waals surface area contributed by atoms with Crippen molar-refractivity contribution >= 4 is 142 Å². The van der Waals surface area contributed by atoms with E-state index in [2.05, 4.69) is 13.2 Å². The van der Waals surface area contributed by atoms with E-state index in [0.717, 1.165) is 27.7 Å². The number of aliphatic carboxylic acids is 4. The van der Waals surface area contributed by atoms with Crippen LogP contribution in [0.5, 0.6) is 0 Å². The molecule has 0 aromatic carbocycles. The second-order valence-electron chi connectivity index (χ2n) is 2.08. The van der Waals surface area contributed by atoms with Crippen molar-refractivity contribution in [1.29, 1.82) is 0 Å². The number of hydrogen-bond donors (Lipinski definition) is 4. The molecule has 0 saturated carbocycles. The van der Waals surface area contributed by atoms with E-state index in [-0.39, 0.29) is 118 Å².